The second kappa shape index (κ2) is 4.30. The van der Waals surface area contributed by atoms with Crippen molar-refractivity contribution in [2.24, 2.45) is 0 Å². The monoisotopic (exact) mass is 257 g/mol. The van der Waals surface area contributed by atoms with Crippen molar-refractivity contribution in [1.29, 1.82) is 0 Å². The molecule has 1 aromatic rings. The lowest BCUT2D eigenvalue weighted by Gasteiger charge is -2.42. The van der Waals surface area contributed by atoms with Crippen molar-refractivity contribution in [1.82, 2.24) is 9.78 Å². The Labute approximate surface area is 114 Å². The van der Waals surface area contributed by atoms with Crippen molar-refractivity contribution in [3.63, 3.8) is 0 Å². The Morgan fingerprint density at radius 2 is 2.26 bits per heavy atom. The van der Waals surface area contributed by atoms with E-state index in [0.29, 0.717) is 6.61 Å². The van der Waals surface area contributed by atoms with Crippen molar-refractivity contribution in [2.75, 3.05) is 6.61 Å². The van der Waals surface area contributed by atoms with Gasteiger partial charge < -0.3 is 9.47 Å². The highest BCUT2D eigenvalue weighted by molar-refractivity contribution is 6.56. The van der Waals surface area contributed by atoms with Crippen LogP contribution in [0.1, 0.15) is 13.8 Å². The summed E-state index contributed by atoms with van der Waals surface area (Å²) in [5.74, 6) is -0.183. The zero-order valence-electron chi connectivity index (χ0n) is 10.6. The van der Waals surface area contributed by atoms with Gasteiger partial charge in [-0.25, -0.2) is 0 Å². The Hall–Kier alpha value is -1.44. The van der Waals surface area contributed by atoms with E-state index in [0.717, 1.165) is 10.9 Å². The molecule has 19 heavy (non-hydrogen) atoms. The van der Waals surface area contributed by atoms with Gasteiger partial charge in [0.25, 0.3) is 0 Å². The van der Waals surface area contributed by atoms with E-state index >= 15 is 0 Å². The third kappa shape index (κ3) is 2.63. The molecule has 0 spiro atoms. The molecule has 2 heterocycles. The van der Waals surface area contributed by atoms with E-state index < -0.39 is 15.8 Å². The van der Waals surface area contributed by atoms with Crippen LogP contribution in [-0.4, -0.2) is 56.6 Å². The molecule has 6 radical (unpaired) electrons. The number of rotatable bonds is 4. The minimum absolute atomic E-state index is 0.183. The molecule has 1 aliphatic heterocycles. The smallest absolute Gasteiger partial charge is 0.350 e. The number of hydrogen-bond donors (Lipinski definition) is 0. The number of ether oxygens (including phenoxy) is 2. The molecule has 0 bridgehead atoms. The molecule has 10 heteroatoms. The molecule has 94 valence electrons. The Morgan fingerprint density at radius 1 is 1.63 bits per heavy atom. The number of hydrogen-bond acceptors (Lipinski definition) is 5. The first-order valence-electron chi connectivity index (χ1n) is 5.53. The summed E-state index contributed by atoms with van der Waals surface area (Å²) in [7, 11) is 16.3. The first kappa shape index (κ1) is 14.0. The van der Waals surface area contributed by atoms with Crippen LogP contribution in [0.2, 0.25) is 0 Å². The number of nitro groups is 1. The molecule has 0 aliphatic carbocycles. The lowest BCUT2D eigenvalue weighted by atomic mass is 9.49. The van der Waals surface area contributed by atoms with E-state index in [-0.39, 0.29) is 17.7 Å². The van der Waals surface area contributed by atoms with Crippen LogP contribution in [0, 0.1) is 10.1 Å². The summed E-state index contributed by atoms with van der Waals surface area (Å²) in [5, 5.41) is 12.9. The Bertz CT molecular complexity index is 511. The van der Waals surface area contributed by atoms with E-state index in [1.807, 2.05) is 13.8 Å². The fourth-order valence-electron chi connectivity index (χ4n) is 1.55. The second-order valence-electron chi connectivity index (χ2n) is 4.93. The first-order valence-corrected chi connectivity index (χ1v) is 5.53. The van der Waals surface area contributed by atoms with Crippen LogP contribution in [0.5, 0.6) is 5.88 Å². The maximum Gasteiger partial charge on any atom is 0.350 e. The van der Waals surface area contributed by atoms with Gasteiger partial charge in [0.2, 0.25) is 0 Å². The summed E-state index contributed by atoms with van der Waals surface area (Å²) < 4.78 is 11.6. The van der Waals surface area contributed by atoms with Crippen molar-refractivity contribution in [2.45, 2.75) is 30.8 Å². The lowest BCUT2D eigenvalue weighted by molar-refractivity contribution is -0.386. The van der Waals surface area contributed by atoms with Crippen LogP contribution < -0.4 is 4.74 Å². The zero-order chi connectivity index (χ0) is 14.4. The van der Waals surface area contributed by atoms with Crippen molar-refractivity contribution >= 4 is 29.2 Å². The van der Waals surface area contributed by atoms with Gasteiger partial charge in [-0.1, -0.05) is 0 Å². The van der Waals surface area contributed by atoms with Gasteiger partial charge in [0, 0.05) is 0 Å². The largest absolute Gasteiger partial charge is 0.463 e. The highest BCUT2D eigenvalue weighted by atomic mass is 16.6. The van der Waals surface area contributed by atoms with E-state index in [9.17, 15) is 10.1 Å². The van der Waals surface area contributed by atoms with Gasteiger partial charge in [0.05, 0.1) is 35.1 Å². The van der Waals surface area contributed by atoms with Gasteiger partial charge in [-0.2, -0.15) is 0 Å². The molecule has 1 saturated heterocycles. The first-order chi connectivity index (χ1) is 8.61. The third-order valence-electron chi connectivity index (χ3n) is 2.89. The van der Waals surface area contributed by atoms with Gasteiger partial charge in [-0.3, -0.25) is 14.8 Å². The van der Waals surface area contributed by atoms with Crippen molar-refractivity contribution in [3.8, 4) is 5.88 Å². The molecule has 1 atom stereocenters. The average Bonchev–Trinajstić information content (AvgIpc) is 2.68. The molecule has 0 amide bonds. The quantitative estimate of drug-likeness (QED) is 0.409. The van der Waals surface area contributed by atoms with E-state index in [2.05, 4.69) is 5.10 Å². The van der Waals surface area contributed by atoms with Gasteiger partial charge >= 0.3 is 11.6 Å². The molecule has 1 aromatic heterocycles. The van der Waals surface area contributed by atoms with Gasteiger partial charge in [-0.15, -0.1) is 5.10 Å². The van der Waals surface area contributed by atoms with E-state index in [4.69, 9.17) is 33.0 Å². The van der Waals surface area contributed by atoms with Crippen LogP contribution in [0.25, 0.3) is 0 Å². The van der Waals surface area contributed by atoms with Crippen LogP contribution in [-0.2, 0) is 9.97 Å². The Balaban J connectivity index is 2.29. The molecule has 0 saturated carbocycles. The highest BCUT2D eigenvalue weighted by Gasteiger charge is 2.44. The van der Waals surface area contributed by atoms with Crippen LogP contribution >= 0.6 is 0 Å². The molecule has 0 aromatic carbocycles. The van der Waals surface area contributed by atoms with Crippen LogP contribution in [0.15, 0.2) is 6.20 Å². The zero-order valence-corrected chi connectivity index (χ0v) is 10.6. The minimum Gasteiger partial charge on any atom is -0.463 e. The number of nitrogens with zero attached hydrogens (tertiary/aromatic N) is 3. The molecular weight excluding hydrogens is 247 g/mol. The summed E-state index contributed by atoms with van der Waals surface area (Å²) in [6, 6.07) is 0. The maximum absolute atomic E-state index is 10.9. The number of aromatic nitrogens is 2. The van der Waals surface area contributed by atoms with Gasteiger partial charge in [0.1, 0.15) is 11.8 Å². The highest BCUT2D eigenvalue weighted by Crippen LogP contribution is 2.33. The predicted molar refractivity (Wildman–Crippen MR) is 68.6 cm³/mol. The summed E-state index contributed by atoms with van der Waals surface area (Å²) in [5.41, 5.74) is -0.878. The third-order valence-corrected chi connectivity index (χ3v) is 2.89. The molecule has 1 aliphatic rings. The summed E-state index contributed by atoms with van der Waals surface area (Å²) in [6.45, 7) is 3.95. The second-order valence-corrected chi connectivity index (χ2v) is 4.93. The molecule has 1 unspecified atom stereocenters. The van der Waals surface area contributed by atoms with Crippen LogP contribution in [0.3, 0.4) is 0 Å². The summed E-state index contributed by atoms with van der Waals surface area (Å²) >= 11 is 0. The lowest BCUT2D eigenvalue weighted by Crippen LogP contribution is -2.56. The molecule has 7 nitrogen and oxygen atoms in total. The van der Waals surface area contributed by atoms with Gasteiger partial charge in [-0.05, 0) is 19.1 Å². The fraction of sp³-hybridized carbons (Fsp3) is 0.667. The summed E-state index contributed by atoms with van der Waals surface area (Å²) in [4.78, 5) is 10.3. The fourth-order valence-corrected chi connectivity index (χ4v) is 1.55. The summed E-state index contributed by atoms with van der Waals surface area (Å²) in [6.07, 6.45) is 0.694. The van der Waals surface area contributed by atoms with Crippen molar-refractivity contribution < 1.29 is 14.4 Å². The van der Waals surface area contributed by atoms with Crippen molar-refractivity contribution in [3.05, 3.63) is 16.3 Å². The predicted octanol–water partition coefficient (Wildman–Crippen LogP) is -0.579. The molecule has 1 fully saturated rings. The molecular formula is C9H10B3N3O4. The topological polar surface area (TPSA) is 79.4 Å². The minimum atomic E-state index is -1.84. The standard InChI is InChI=1S/C9H10B3N3O4/c1-8(2)6(4-18-8)19-7-5(15(16)17)3-14(13-7)9(10,11)12/h3,6H,4H2,1-2H3. The SMILES string of the molecule is [B]C([B])([B])n1cc([N+](=O)[O-])c(OC2COC2(C)C)n1. The molecule has 2 rings (SSSR count). The van der Waals surface area contributed by atoms with E-state index in [1.165, 1.54) is 0 Å². The van der Waals surface area contributed by atoms with E-state index in [1.54, 1.807) is 0 Å². The Morgan fingerprint density at radius 3 is 2.63 bits per heavy atom. The van der Waals surface area contributed by atoms with Crippen LogP contribution in [0.4, 0.5) is 5.69 Å². The van der Waals surface area contributed by atoms with Gasteiger partial charge in [0.15, 0.2) is 6.10 Å². The normalized spacial score (nSPS) is 21.7. The molecule has 0 N–H and O–H groups in total. The average molecular weight is 257 g/mol. The maximum atomic E-state index is 10.9. The Kier molecular flexibility index (Phi) is 3.16.